The number of fused-ring (bicyclic) bond motifs is 1. The highest BCUT2D eigenvalue weighted by molar-refractivity contribution is 5.79. The molecule has 0 fully saturated rings. The number of benzene rings is 1. The van der Waals surface area contributed by atoms with Crippen LogP contribution in [-0.2, 0) is 0 Å². The van der Waals surface area contributed by atoms with E-state index in [0.717, 1.165) is 10.9 Å². The van der Waals surface area contributed by atoms with E-state index in [0.29, 0.717) is 5.92 Å². The molecule has 14 heavy (non-hydrogen) atoms. The molecule has 2 aromatic rings. The first kappa shape index (κ1) is 9.00. The second-order valence-corrected chi connectivity index (χ2v) is 3.79. The Bertz CT molecular complexity index is 463. The molecule has 0 bridgehead atoms. The van der Waals surface area contributed by atoms with Crippen molar-refractivity contribution in [3.63, 3.8) is 0 Å². The highest BCUT2D eigenvalue weighted by Crippen LogP contribution is 2.22. The van der Waals surface area contributed by atoms with Gasteiger partial charge in [0, 0.05) is 16.9 Å². The van der Waals surface area contributed by atoms with Gasteiger partial charge in [-0.05, 0) is 17.5 Å². The van der Waals surface area contributed by atoms with E-state index in [1.165, 1.54) is 10.3 Å². The molecule has 0 aliphatic heterocycles. The number of nitrogens with zero attached hydrogens (tertiary/aromatic N) is 1. The number of aromatic nitrogens is 1. The van der Waals surface area contributed by atoms with Gasteiger partial charge < -0.3 is 0 Å². The van der Waals surface area contributed by atoms with Crippen LogP contribution in [0.2, 0.25) is 0 Å². The summed E-state index contributed by atoms with van der Waals surface area (Å²) in [5, 5.41) is 10.7. The Hall–Kier alpha value is -1.57. The minimum atomic E-state index is 0.473. The molecule has 0 unspecified atom stereocenters. The summed E-state index contributed by atoms with van der Waals surface area (Å²) < 4.78 is 1.17. The summed E-state index contributed by atoms with van der Waals surface area (Å²) in [7, 11) is 0. The normalized spacial score (nSPS) is 11.1. The molecule has 2 heteroatoms. The third-order valence-corrected chi connectivity index (χ3v) is 2.48. The van der Waals surface area contributed by atoms with Crippen molar-refractivity contribution < 1.29 is 9.94 Å². The maximum Gasteiger partial charge on any atom is 0.264 e. The van der Waals surface area contributed by atoms with E-state index < -0.39 is 0 Å². The lowest BCUT2D eigenvalue weighted by Crippen LogP contribution is -2.29. The molecule has 1 aromatic carbocycles. The van der Waals surface area contributed by atoms with Crippen LogP contribution in [0.3, 0.4) is 0 Å². The molecule has 0 spiro atoms. The fraction of sp³-hybridized carbons (Fsp3) is 0.250. The van der Waals surface area contributed by atoms with Gasteiger partial charge in [0.05, 0.1) is 5.39 Å². The van der Waals surface area contributed by atoms with Crippen LogP contribution in [0, 0.1) is 0 Å². The molecular formula is C12H14NO+. The van der Waals surface area contributed by atoms with Crippen molar-refractivity contribution in [3.05, 3.63) is 42.1 Å². The predicted octanol–water partition coefficient (Wildman–Crippen LogP) is 2.49. The molecule has 0 aliphatic rings. The Kier molecular flexibility index (Phi) is 2.12. The first-order valence-electron chi connectivity index (χ1n) is 4.82. The minimum absolute atomic E-state index is 0.473. The van der Waals surface area contributed by atoms with Gasteiger partial charge in [-0.3, -0.25) is 5.21 Å². The standard InChI is InChI=1S/C12H14NO/c1-9(2)10-5-3-7-12-11(10)6-4-8-13(12)14/h3-9,14H,1-2H3/q+1. The molecule has 0 atom stereocenters. The fourth-order valence-electron chi connectivity index (χ4n) is 1.76. The Morgan fingerprint density at radius 3 is 2.64 bits per heavy atom. The highest BCUT2D eigenvalue weighted by atomic mass is 16.5. The summed E-state index contributed by atoms with van der Waals surface area (Å²) in [6.45, 7) is 4.31. The number of rotatable bonds is 1. The topological polar surface area (TPSA) is 24.1 Å². The quantitative estimate of drug-likeness (QED) is 0.539. The van der Waals surface area contributed by atoms with Gasteiger partial charge in [-0.1, -0.05) is 26.0 Å². The van der Waals surface area contributed by atoms with E-state index in [4.69, 9.17) is 0 Å². The van der Waals surface area contributed by atoms with Gasteiger partial charge >= 0.3 is 0 Å². The maximum absolute atomic E-state index is 9.59. The van der Waals surface area contributed by atoms with Crippen LogP contribution in [0.4, 0.5) is 0 Å². The third-order valence-electron chi connectivity index (χ3n) is 2.48. The van der Waals surface area contributed by atoms with Gasteiger partial charge in [-0.15, -0.1) is 0 Å². The first-order chi connectivity index (χ1) is 6.70. The van der Waals surface area contributed by atoms with Gasteiger partial charge in [-0.2, -0.15) is 0 Å². The summed E-state index contributed by atoms with van der Waals surface area (Å²) in [5.41, 5.74) is 2.13. The number of hydrogen-bond donors (Lipinski definition) is 1. The zero-order valence-corrected chi connectivity index (χ0v) is 8.44. The average Bonchev–Trinajstić information content (AvgIpc) is 2.17. The van der Waals surface area contributed by atoms with Gasteiger partial charge in [0.15, 0.2) is 0 Å². The van der Waals surface area contributed by atoms with Crippen molar-refractivity contribution >= 4 is 10.9 Å². The lowest BCUT2D eigenvalue weighted by molar-refractivity contribution is -0.884. The lowest BCUT2D eigenvalue weighted by Gasteiger charge is -2.06. The molecule has 1 heterocycles. The monoisotopic (exact) mass is 188 g/mol. The van der Waals surface area contributed by atoms with Crippen LogP contribution in [0.5, 0.6) is 0 Å². The second-order valence-electron chi connectivity index (χ2n) is 3.79. The predicted molar refractivity (Wildman–Crippen MR) is 55.4 cm³/mol. The summed E-state index contributed by atoms with van der Waals surface area (Å²) >= 11 is 0. The molecule has 0 aliphatic carbocycles. The minimum Gasteiger partial charge on any atom is -0.285 e. The molecule has 1 aromatic heterocycles. The maximum atomic E-state index is 9.59. The van der Waals surface area contributed by atoms with Gasteiger partial charge in [0.1, 0.15) is 0 Å². The molecule has 2 rings (SSSR count). The number of hydrogen-bond acceptors (Lipinski definition) is 1. The van der Waals surface area contributed by atoms with Crippen molar-refractivity contribution in [2.24, 2.45) is 0 Å². The van der Waals surface area contributed by atoms with Crippen LogP contribution in [-0.4, -0.2) is 5.21 Å². The van der Waals surface area contributed by atoms with Crippen molar-refractivity contribution in [2.45, 2.75) is 19.8 Å². The molecule has 0 saturated heterocycles. The third kappa shape index (κ3) is 1.33. The van der Waals surface area contributed by atoms with Crippen molar-refractivity contribution in [2.75, 3.05) is 0 Å². The molecule has 1 N–H and O–H groups in total. The van der Waals surface area contributed by atoms with Gasteiger partial charge in [0.2, 0.25) is 6.20 Å². The summed E-state index contributed by atoms with van der Waals surface area (Å²) in [5.74, 6) is 0.473. The van der Waals surface area contributed by atoms with Crippen LogP contribution >= 0.6 is 0 Å². The average molecular weight is 188 g/mol. The molecule has 0 saturated carbocycles. The van der Waals surface area contributed by atoms with Gasteiger partial charge in [-0.25, -0.2) is 0 Å². The van der Waals surface area contributed by atoms with E-state index in [-0.39, 0.29) is 0 Å². The summed E-state index contributed by atoms with van der Waals surface area (Å²) in [6, 6.07) is 9.89. The number of pyridine rings is 1. The molecule has 2 nitrogen and oxygen atoms in total. The Morgan fingerprint density at radius 2 is 1.93 bits per heavy atom. The summed E-state index contributed by atoms with van der Waals surface area (Å²) in [6.07, 6.45) is 1.65. The largest absolute Gasteiger partial charge is 0.285 e. The lowest BCUT2D eigenvalue weighted by atomic mass is 9.98. The SMILES string of the molecule is CC(C)c1cccc2c1ccc[n+]2O. The highest BCUT2D eigenvalue weighted by Gasteiger charge is 2.11. The van der Waals surface area contributed by atoms with Crippen molar-refractivity contribution in [3.8, 4) is 0 Å². The Morgan fingerprint density at radius 1 is 1.14 bits per heavy atom. The van der Waals surface area contributed by atoms with Crippen molar-refractivity contribution in [1.82, 2.24) is 0 Å². The molecule has 0 radical (unpaired) electrons. The van der Waals surface area contributed by atoms with E-state index in [9.17, 15) is 5.21 Å². The molecule has 72 valence electrons. The van der Waals surface area contributed by atoms with Gasteiger partial charge in [0.25, 0.3) is 5.52 Å². The van der Waals surface area contributed by atoms with E-state index in [1.54, 1.807) is 6.20 Å². The fourth-order valence-corrected chi connectivity index (χ4v) is 1.76. The zero-order chi connectivity index (χ0) is 10.1. The second kappa shape index (κ2) is 3.29. The van der Waals surface area contributed by atoms with E-state index >= 15 is 0 Å². The smallest absolute Gasteiger partial charge is 0.264 e. The summed E-state index contributed by atoms with van der Waals surface area (Å²) in [4.78, 5) is 0. The Labute approximate surface area is 83.4 Å². The first-order valence-corrected chi connectivity index (χ1v) is 4.82. The molecule has 0 amide bonds. The zero-order valence-electron chi connectivity index (χ0n) is 8.44. The Balaban J connectivity index is 2.81. The van der Waals surface area contributed by atoms with E-state index in [1.807, 2.05) is 24.3 Å². The van der Waals surface area contributed by atoms with Crippen LogP contribution in [0.25, 0.3) is 10.9 Å². The van der Waals surface area contributed by atoms with E-state index in [2.05, 4.69) is 19.9 Å². The van der Waals surface area contributed by atoms with Crippen LogP contribution in [0.1, 0.15) is 25.3 Å². The van der Waals surface area contributed by atoms with Crippen LogP contribution in [0.15, 0.2) is 36.5 Å². The molecular weight excluding hydrogens is 174 g/mol. The van der Waals surface area contributed by atoms with Crippen molar-refractivity contribution in [1.29, 1.82) is 0 Å². The van der Waals surface area contributed by atoms with Crippen LogP contribution < -0.4 is 4.73 Å².